The molecule has 0 radical (unpaired) electrons. The van der Waals surface area contributed by atoms with Crippen LogP contribution in [0.2, 0.25) is 0 Å². The molecule has 0 atom stereocenters. The molecule has 0 aliphatic heterocycles. The predicted molar refractivity (Wildman–Crippen MR) is 52.0 cm³/mol. The van der Waals surface area contributed by atoms with Gasteiger partial charge in [0, 0.05) is 11.3 Å². The summed E-state index contributed by atoms with van der Waals surface area (Å²) >= 11 is 0.254. The number of rotatable bonds is 4. The van der Waals surface area contributed by atoms with Gasteiger partial charge in [-0.25, -0.2) is 0 Å². The highest BCUT2D eigenvalue weighted by Crippen LogP contribution is 2.19. The van der Waals surface area contributed by atoms with Crippen molar-refractivity contribution in [2.45, 2.75) is 24.2 Å². The number of hydrogen-bond acceptors (Lipinski definition) is 2. The lowest BCUT2D eigenvalue weighted by molar-refractivity contribution is 0.849. The lowest BCUT2D eigenvalue weighted by atomic mass is 10.1. The normalized spacial score (nSPS) is 9.54. The minimum absolute atomic E-state index is 0.254. The van der Waals surface area contributed by atoms with Crippen LogP contribution >= 0.6 is 12.1 Å². The number of aryl methyl sites for hydroxylation is 1. The van der Waals surface area contributed by atoms with Gasteiger partial charge in [0.05, 0.1) is 18.2 Å². The fourth-order valence-corrected chi connectivity index (χ4v) is 1.32. The second-order valence-corrected chi connectivity index (χ2v) is 3.36. The topological polar surface area (TPSA) is 23.8 Å². The highest BCUT2D eigenvalue weighted by molar-refractivity contribution is 7.94. The Morgan fingerprint density at radius 3 is 2.54 bits per heavy atom. The van der Waals surface area contributed by atoms with Crippen molar-refractivity contribution >= 4 is 12.1 Å². The first-order valence-electron chi connectivity index (χ1n) is 4.11. The van der Waals surface area contributed by atoms with Gasteiger partial charge in [0.2, 0.25) is 0 Å². The van der Waals surface area contributed by atoms with E-state index in [4.69, 9.17) is 5.26 Å². The van der Waals surface area contributed by atoms with Crippen LogP contribution in [-0.2, 0) is 6.42 Å². The average molecular weight is 195 g/mol. The third-order valence-corrected chi connectivity index (χ3v) is 2.22. The van der Waals surface area contributed by atoms with Crippen molar-refractivity contribution in [1.82, 2.24) is 0 Å². The molecule has 3 heteroatoms. The molecule has 1 nitrogen and oxygen atoms in total. The average Bonchev–Trinajstić information content (AvgIpc) is 2.19. The largest absolute Gasteiger partial charge is 0.198 e. The van der Waals surface area contributed by atoms with Gasteiger partial charge in [-0.05, 0) is 30.5 Å². The molecular formula is C10H10FNS. The lowest BCUT2D eigenvalue weighted by Crippen LogP contribution is -1.83. The molecule has 13 heavy (non-hydrogen) atoms. The molecule has 1 rings (SSSR count). The van der Waals surface area contributed by atoms with Gasteiger partial charge in [-0.3, -0.25) is 0 Å². The predicted octanol–water partition coefficient (Wildman–Crippen LogP) is 3.51. The maximum atomic E-state index is 12.0. The van der Waals surface area contributed by atoms with Crippen LogP contribution < -0.4 is 0 Å². The van der Waals surface area contributed by atoms with Gasteiger partial charge >= 0.3 is 0 Å². The van der Waals surface area contributed by atoms with E-state index in [-0.39, 0.29) is 12.1 Å². The molecule has 0 N–H and O–H groups in total. The van der Waals surface area contributed by atoms with Crippen LogP contribution in [0.1, 0.15) is 18.4 Å². The van der Waals surface area contributed by atoms with Crippen molar-refractivity contribution in [2.24, 2.45) is 0 Å². The molecule has 0 unspecified atom stereocenters. The molecule has 0 fully saturated rings. The van der Waals surface area contributed by atoms with Crippen LogP contribution in [-0.4, -0.2) is 0 Å². The third kappa shape index (κ3) is 3.47. The van der Waals surface area contributed by atoms with Gasteiger partial charge in [-0.1, -0.05) is 12.1 Å². The quantitative estimate of drug-likeness (QED) is 0.686. The lowest BCUT2D eigenvalue weighted by Gasteiger charge is -1.98. The second-order valence-electron chi connectivity index (χ2n) is 2.73. The number of unbranched alkanes of at least 4 members (excludes halogenated alkanes) is 1. The molecule has 0 heterocycles. The minimum atomic E-state index is 0.254. The molecule has 68 valence electrons. The van der Waals surface area contributed by atoms with Crippen molar-refractivity contribution in [3.05, 3.63) is 29.8 Å². The van der Waals surface area contributed by atoms with Crippen LogP contribution in [0.15, 0.2) is 29.2 Å². The fraction of sp³-hybridized carbons (Fsp3) is 0.300. The van der Waals surface area contributed by atoms with E-state index in [1.54, 1.807) is 12.1 Å². The first-order valence-corrected chi connectivity index (χ1v) is 4.83. The van der Waals surface area contributed by atoms with Crippen molar-refractivity contribution < 1.29 is 3.89 Å². The number of benzene rings is 1. The Kier molecular flexibility index (Phi) is 4.34. The van der Waals surface area contributed by atoms with Crippen molar-refractivity contribution in [2.75, 3.05) is 0 Å². The second kappa shape index (κ2) is 5.60. The molecule has 0 aliphatic carbocycles. The number of halogens is 1. The van der Waals surface area contributed by atoms with Gasteiger partial charge in [-0.15, -0.1) is 0 Å². The molecule has 0 saturated carbocycles. The van der Waals surface area contributed by atoms with Crippen LogP contribution in [0.5, 0.6) is 0 Å². The van der Waals surface area contributed by atoms with E-state index in [2.05, 4.69) is 6.07 Å². The minimum Gasteiger partial charge on any atom is -0.198 e. The molecule has 0 amide bonds. The Labute approximate surface area is 81.9 Å². The summed E-state index contributed by atoms with van der Waals surface area (Å²) in [5.41, 5.74) is 1.16. The van der Waals surface area contributed by atoms with Gasteiger partial charge < -0.3 is 0 Å². The number of nitrogens with zero attached hydrogens (tertiary/aromatic N) is 1. The van der Waals surface area contributed by atoms with E-state index in [0.29, 0.717) is 11.3 Å². The molecule has 1 aromatic carbocycles. The molecule has 0 bridgehead atoms. The van der Waals surface area contributed by atoms with E-state index in [1.165, 1.54) is 0 Å². The monoisotopic (exact) mass is 195 g/mol. The zero-order valence-corrected chi connectivity index (χ0v) is 7.98. The SMILES string of the molecule is N#CCCCc1ccc(SF)cc1. The highest BCUT2D eigenvalue weighted by Gasteiger charge is 1.94. The first-order chi connectivity index (χ1) is 6.36. The fourth-order valence-electron chi connectivity index (χ4n) is 1.08. The van der Waals surface area contributed by atoms with E-state index in [0.717, 1.165) is 18.4 Å². The Morgan fingerprint density at radius 1 is 1.31 bits per heavy atom. The van der Waals surface area contributed by atoms with Crippen molar-refractivity contribution in [3.8, 4) is 6.07 Å². The van der Waals surface area contributed by atoms with Crippen LogP contribution in [0.3, 0.4) is 0 Å². The number of hydrogen-bond donors (Lipinski definition) is 0. The zero-order chi connectivity index (χ0) is 9.52. The summed E-state index contributed by atoms with van der Waals surface area (Å²) < 4.78 is 12.0. The standard InChI is InChI=1S/C10H10FNS/c11-13-10-6-4-9(5-7-10)3-1-2-8-12/h4-7H,1-3H2. The zero-order valence-electron chi connectivity index (χ0n) is 7.16. The molecule has 0 aromatic heterocycles. The highest BCUT2D eigenvalue weighted by atomic mass is 32.2. The maximum absolute atomic E-state index is 12.0. The Bertz CT molecular complexity index is 289. The Hall–Kier alpha value is -1.01. The Balaban J connectivity index is 2.45. The van der Waals surface area contributed by atoms with E-state index in [9.17, 15) is 3.89 Å². The summed E-state index contributed by atoms with van der Waals surface area (Å²) in [5.74, 6) is 0. The van der Waals surface area contributed by atoms with Crippen molar-refractivity contribution in [1.29, 1.82) is 5.26 Å². The number of nitriles is 1. The molecule has 0 saturated heterocycles. The summed E-state index contributed by atoms with van der Waals surface area (Å²) in [6.07, 6.45) is 2.35. The van der Waals surface area contributed by atoms with E-state index >= 15 is 0 Å². The van der Waals surface area contributed by atoms with Gasteiger partial charge in [0.25, 0.3) is 0 Å². The van der Waals surface area contributed by atoms with Crippen LogP contribution in [0, 0.1) is 11.3 Å². The summed E-state index contributed by atoms with van der Waals surface area (Å²) in [6.45, 7) is 0. The summed E-state index contributed by atoms with van der Waals surface area (Å²) in [6, 6.07) is 9.41. The summed E-state index contributed by atoms with van der Waals surface area (Å²) in [5, 5.41) is 8.32. The summed E-state index contributed by atoms with van der Waals surface area (Å²) in [7, 11) is 0. The molecular weight excluding hydrogens is 185 g/mol. The van der Waals surface area contributed by atoms with E-state index in [1.807, 2.05) is 12.1 Å². The smallest absolute Gasteiger partial charge is 0.0812 e. The first kappa shape index (κ1) is 10.1. The van der Waals surface area contributed by atoms with Gasteiger partial charge in [0.15, 0.2) is 0 Å². The van der Waals surface area contributed by atoms with Crippen LogP contribution in [0.25, 0.3) is 0 Å². The molecule has 0 aliphatic rings. The van der Waals surface area contributed by atoms with Gasteiger partial charge in [-0.2, -0.15) is 9.15 Å². The summed E-state index contributed by atoms with van der Waals surface area (Å²) in [4.78, 5) is 0.629. The molecule has 1 aromatic rings. The molecule has 0 spiro atoms. The Morgan fingerprint density at radius 2 is 2.00 bits per heavy atom. The van der Waals surface area contributed by atoms with Crippen molar-refractivity contribution in [3.63, 3.8) is 0 Å². The van der Waals surface area contributed by atoms with Gasteiger partial charge in [0.1, 0.15) is 0 Å². The maximum Gasteiger partial charge on any atom is 0.0812 e. The van der Waals surface area contributed by atoms with Crippen LogP contribution in [0.4, 0.5) is 3.89 Å². The third-order valence-electron chi connectivity index (χ3n) is 1.77. The van der Waals surface area contributed by atoms with E-state index < -0.39 is 0 Å².